The molecule has 1 N–H and O–H groups in total. The molecule has 9 heavy (non-hydrogen) atoms. The summed E-state index contributed by atoms with van der Waals surface area (Å²) in [4.78, 5) is 9.17. The lowest BCUT2D eigenvalue weighted by Gasteiger charge is -2.16. The van der Waals surface area contributed by atoms with E-state index in [-0.39, 0.29) is 5.66 Å². The molecule has 0 fully saturated rings. The molecule has 0 rings (SSSR count). The minimum atomic E-state index is -2.47. The second-order valence-corrected chi connectivity index (χ2v) is 7.65. The molecular formula is C5H12ClOPS. The third kappa shape index (κ3) is 3.57. The highest BCUT2D eigenvalue weighted by atomic mass is 35.7. The third-order valence-electron chi connectivity index (χ3n) is 1.39. The van der Waals surface area contributed by atoms with Crippen LogP contribution in [0.1, 0.15) is 26.7 Å². The quantitative estimate of drug-likeness (QED) is 0.684. The lowest BCUT2D eigenvalue weighted by molar-refractivity contribution is 0.605. The molecule has 0 aromatic carbocycles. The summed E-state index contributed by atoms with van der Waals surface area (Å²) in [6.45, 7) is 3.99. The van der Waals surface area contributed by atoms with Crippen molar-refractivity contribution in [2.45, 2.75) is 32.3 Å². The van der Waals surface area contributed by atoms with Gasteiger partial charge < -0.3 is 4.89 Å². The fourth-order valence-corrected chi connectivity index (χ4v) is 3.36. The molecule has 0 saturated carbocycles. The zero-order chi connectivity index (χ0) is 7.49. The molecule has 0 bridgehead atoms. The highest BCUT2D eigenvalue weighted by molar-refractivity contribution is 8.24. The molecule has 0 amide bonds. The van der Waals surface area contributed by atoms with Crippen LogP contribution in [0.5, 0.6) is 0 Å². The Hall–Kier alpha value is 0.900. The summed E-state index contributed by atoms with van der Waals surface area (Å²) >= 11 is 10.3. The third-order valence-corrected chi connectivity index (χ3v) is 4.75. The van der Waals surface area contributed by atoms with Crippen molar-refractivity contribution in [3.05, 3.63) is 0 Å². The first kappa shape index (κ1) is 9.90. The van der Waals surface area contributed by atoms with Crippen LogP contribution in [-0.4, -0.2) is 10.6 Å². The molecule has 0 heterocycles. The van der Waals surface area contributed by atoms with Crippen LogP contribution in [0.4, 0.5) is 0 Å². The lowest BCUT2D eigenvalue weighted by atomic mass is 10.3. The van der Waals surface area contributed by atoms with Crippen molar-refractivity contribution in [3.8, 4) is 0 Å². The Balaban J connectivity index is 3.96. The number of hydrogen-bond donors (Lipinski definition) is 1. The van der Waals surface area contributed by atoms with Crippen LogP contribution in [0.25, 0.3) is 0 Å². The molecule has 0 aliphatic carbocycles. The van der Waals surface area contributed by atoms with Gasteiger partial charge in [0.15, 0.2) is 5.62 Å². The van der Waals surface area contributed by atoms with Gasteiger partial charge in [-0.15, -0.1) is 0 Å². The highest BCUT2D eigenvalue weighted by Gasteiger charge is 2.19. The van der Waals surface area contributed by atoms with Crippen LogP contribution in [0, 0.1) is 0 Å². The molecule has 0 spiro atoms. The summed E-state index contributed by atoms with van der Waals surface area (Å²) in [5, 5.41) is 0. The summed E-state index contributed by atoms with van der Waals surface area (Å²) < 4.78 is 0. The van der Waals surface area contributed by atoms with Gasteiger partial charge in [0, 0.05) is 5.66 Å². The zero-order valence-corrected chi connectivity index (χ0v) is 8.14. The topological polar surface area (TPSA) is 20.2 Å². The fraction of sp³-hybridized carbons (Fsp3) is 1.00. The van der Waals surface area contributed by atoms with E-state index in [4.69, 9.17) is 27.9 Å². The van der Waals surface area contributed by atoms with E-state index in [9.17, 15) is 0 Å². The van der Waals surface area contributed by atoms with Gasteiger partial charge in [0.25, 0.3) is 0 Å². The lowest BCUT2D eigenvalue weighted by Crippen LogP contribution is -2.00. The van der Waals surface area contributed by atoms with Crippen molar-refractivity contribution >= 4 is 28.7 Å². The molecule has 0 saturated heterocycles. The molecule has 1 unspecified atom stereocenters. The Morgan fingerprint density at radius 1 is 1.56 bits per heavy atom. The minimum absolute atomic E-state index is 0.147. The monoisotopic (exact) mass is 186 g/mol. The van der Waals surface area contributed by atoms with E-state index in [2.05, 4.69) is 0 Å². The highest BCUT2D eigenvalue weighted by Crippen LogP contribution is 2.54. The largest absolute Gasteiger partial charge is 0.353 e. The van der Waals surface area contributed by atoms with E-state index in [1.165, 1.54) is 0 Å². The molecule has 1 nitrogen and oxygen atoms in total. The Bertz CT molecular complexity index is 118. The van der Waals surface area contributed by atoms with E-state index in [1.807, 2.05) is 13.8 Å². The number of halogens is 1. The van der Waals surface area contributed by atoms with Crippen LogP contribution in [-0.2, 0) is 11.8 Å². The number of hydrogen-bond acceptors (Lipinski definition) is 1. The molecule has 4 heteroatoms. The van der Waals surface area contributed by atoms with Gasteiger partial charge in [0.2, 0.25) is 0 Å². The first-order chi connectivity index (χ1) is 4.02. The van der Waals surface area contributed by atoms with Gasteiger partial charge in [-0.25, -0.2) is 0 Å². The van der Waals surface area contributed by atoms with Crippen LogP contribution in [0.15, 0.2) is 0 Å². The SMILES string of the molecule is CCC(CC)P(O)(=S)Cl. The Kier molecular flexibility index (Phi) is 4.31. The van der Waals surface area contributed by atoms with Crippen molar-refractivity contribution in [3.63, 3.8) is 0 Å². The summed E-state index contributed by atoms with van der Waals surface area (Å²) in [6.07, 6.45) is 1.77. The van der Waals surface area contributed by atoms with Gasteiger partial charge in [-0.3, -0.25) is 0 Å². The molecule has 0 aromatic rings. The minimum Gasteiger partial charge on any atom is -0.353 e. The molecule has 0 aromatic heterocycles. The number of rotatable bonds is 3. The van der Waals surface area contributed by atoms with Crippen LogP contribution in [0.2, 0.25) is 0 Å². The van der Waals surface area contributed by atoms with Crippen molar-refractivity contribution < 1.29 is 4.89 Å². The molecule has 56 valence electrons. The van der Waals surface area contributed by atoms with E-state index in [0.29, 0.717) is 0 Å². The first-order valence-corrected chi connectivity index (χ1v) is 6.77. The summed E-state index contributed by atoms with van der Waals surface area (Å²) in [6, 6.07) is 0. The van der Waals surface area contributed by atoms with Crippen molar-refractivity contribution in [2.75, 3.05) is 0 Å². The maximum atomic E-state index is 9.17. The average molecular weight is 187 g/mol. The van der Waals surface area contributed by atoms with Gasteiger partial charge in [-0.05, 0) is 12.8 Å². The maximum Gasteiger partial charge on any atom is 0.151 e. The second kappa shape index (κ2) is 3.92. The maximum absolute atomic E-state index is 9.17. The smallest absolute Gasteiger partial charge is 0.151 e. The van der Waals surface area contributed by atoms with E-state index < -0.39 is 5.62 Å². The van der Waals surface area contributed by atoms with Crippen LogP contribution >= 0.6 is 16.9 Å². The fourth-order valence-electron chi connectivity index (χ4n) is 0.739. The predicted molar refractivity (Wildman–Crippen MR) is 46.7 cm³/mol. The summed E-state index contributed by atoms with van der Waals surface area (Å²) in [7, 11) is 0. The Morgan fingerprint density at radius 3 is 1.89 bits per heavy atom. The molecule has 1 atom stereocenters. The van der Waals surface area contributed by atoms with Gasteiger partial charge >= 0.3 is 0 Å². The summed E-state index contributed by atoms with van der Waals surface area (Å²) in [5.41, 5.74) is -2.32. The van der Waals surface area contributed by atoms with Crippen molar-refractivity contribution in [1.82, 2.24) is 0 Å². The molecular weight excluding hydrogens is 175 g/mol. The van der Waals surface area contributed by atoms with Crippen LogP contribution in [0.3, 0.4) is 0 Å². The van der Waals surface area contributed by atoms with Gasteiger partial charge in [0.05, 0.1) is 0 Å². The molecule has 0 radical (unpaired) electrons. The Labute approximate surface area is 66.3 Å². The predicted octanol–water partition coefficient (Wildman–Crippen LogP) is 2.72. The average Bonchev–Trinajstić information content (AvgIpc) is 1.65. The standard InChI is InChI=1S/C5H12ClOPS/c1-3-5(4-2)8(6,7)9/h5H,3-4H2,1-2H3,(H,7,9). The van der Waals surface area contributed by atoms with Gasteiger partial charge in [-0.2, -0.15) is 0 Å². The Morgan fingerprint density at radius 2 is 1.89 bits per heavy atom. The van der Waals surface area contributed by atoms with Gasteiger partial charge in [-0.1, -0.05) is 36.9 Å². The van der Waals surface area contributed by atoms with E-state index in [1.54, 1.807) is 0 Å². The van der Waals surface area contributed by atoms with E-state index in [0.717, 1.165) is 12.8 Å². The molecule has 0 aliphatic rings. The second-order valence-electron chi connectivity index (χ2n) is 2.02. The first-order valence-electron chi connectivity index (χ1n) is 3.04. The summed E-state index contributed by atoms with van der Waals surface area (Å²) in [5.74, 6) is 0. The van der Waals surface area contributed by atoms with Crippen molar-refractivity contribution in [2.24, 2.45) is 0 Å². The zero-order valence-electron chi connectivity index (χ0n) is 5.67. The van der Waals surface area contributed by atoms with Gasteiger partial charge in [0.1, 0.15) is 0 Å². The van der Waals surface area contributed by atoms with E-state index >= 15 is 0 Å². The van der Waals surface area contributed by atoms with Crippen molar-refractivity contribution in [1.29, 1.82) is 0 Å². The molecule has 0 aliphatic heterocycles. The van der Waals surface area contributed by atoms with Crippen LogP contribution < -0.4 is 0 Å². The normalized spacial score (nSPS) is 17.9.